The quantitative estimate of drug-likeness (QED) is 0.751. The van der Waals surface area contributed by atoms with Gasteiger partial charge in [0.05, 0.1) is 24.3 Å². The normalized spacial score (nSPS) is 26.7. The van der Waals surface area contributed by atoms with Gasteiger partial charge < -0.3 is 10.4 Å². The van der Waals surface area contributed by atoms with Gasteiger partial charge in [-0.25, -0.2) is 0 Å². The van der Waals surface area contributed by atoms with Gasteiger partial charge in [0.15, 0.2) is 0 Å². The molecule has 0 bridgehead atoms. The van der Waals surface area contributed by atoms with E-state index in [1.54, 1.807) is 13.8 Å². The van der Waals surface area contributed by atoms with Crippen LogP contribution in [0.5, 0.6) is 0 Å². The highest BCUT2D eigenvalue weighted by Gasteiger charge is 2.65. The van der Waals surface area contributed by atoms with E-state index < -0.39 is 23.2 Å². The molecule has 0 aliphatic heterocycles. The number of aliphatic carboxylic acids is 1. The molecule has 17 heavy (non-hydrogen) atoms. The zero-order valence-corrected chi connectivity index (χ0v) is 10.4. The maximum Gasteiger partial charge on any atom is 0.307 e. The van der Waals surface area contributed by atoms with Crippen LogP contribution in [-0.4, -0.2) is 23.0 Å². The summed E-state index contributed by atoms with van der Waals surface area (Å²) in [6, 6.07) is 1.82. The Hall–Kier alpha value is -1.57. The number of nitrogens with zero attached hydrogens (tertiary/aromatic N) is 1. The van der Waals surface area contributed by atoms with Gasteiger partial charge >= 0.3 is 5.97 Å². The number of hydrogen-bond donors (Lipinski definition) is 2. The summed E-state index contributed by atoms with van der Waals surface area (Å²) in [4.78, 5) is 22.8. The Bertz CT molecular complexity index is 370. The van der Waals surface area contributed by atoms with Gasteiger partial charge in [-0.1, -0.05) is 20.8 Å². The summed E-state index contributed by atoms with van der Waals surface area (Å²) in [6.07, 6.45) is 0.928. The van der Waals surface area contributed by atoms with E-state index in [-0.39, 0.29) is 18.4 Å². The third-order valence-electron chi connectivity index (χ3n) is 3.55. The van der Waals surface area contributed by atoms with Gasteiger partial charge in [0, 0.05) is 6.04 Å². The molecule has 0 aromatic heterocycles. The number of nitrogens with one attached hydrogen (secondary N) is 1. The Balaban J connectivity index is 2.61. The molecule has 1 rings (SSSR count). The highest BCUT2D eigenvalue weighted by atomic mass is 16.4. The van der Waals surface area contributed by atoms with Crippen LogP contribution in [0.1, 0.15) is 33.6 Å². The van der Waals surface area contributed by atoms with Crippen LogP contribution in [0.3, 0.4) is 0 Å². The van der Waals surface area contributed by atoms with Crippen molar-refractivity contribution in [3.05, 3.63) is 0 Å². The maximum absolute atomic E-state index is 11.9. The summed E-state index contributed by atoms with van der Waals surface area (Å²) < 4.78 is 0. The number of carboxylic acid groups (broad SMARTS) is 1. The molecular weight excluding hydrogens is 220 g/mol. The van der Waals surface area contributed by atoms with E-state index in [1.165, 1.54) is 0 Å². The number of rotatable bonds is 5. The molecule has 3 atom stereocenters. The maximum atomic E-state index is 11.9. The minimum atomic E-state index is -0.927. The first-order chi connectivity index (χ1) is 7.86. The predicted molar refractivity (Wildman–Crippen MR) is 60.8 cm³/mol. The fourth-order valence-electron chi connectivity index (χ4n) is 2.29. The Morgan fingerprint density at radius 1 is 1.47 bits per heavy atom. The van der Waals surface area contributed by atoms with E-state index in [2.05, 4.69) is 5.32 Å². The first kappa shape index (κ1) is 13.5. The van der Waals surface area contributed by atoms with Crippen molar-refractivity contribution in [1.82, 2.24) is 5.32 Å². The smallest absolute Gasteiger partial charge is 0.307 e. The standard InChI is InChI=1S/C12H18N2O3/c1-4-7(5-6-13)14-10(15)8-9(11(16)17)12(8,2)3/h7-9H,4-5H2,1-3H3,(H,14,15)(H,16,17)/t7?,8-,9+/m1/s1. The highest BCUT2D eigenvalue weighted by molar-refractivity contribution is 5.91. The topological polar surface area (TPSA) is 90.2 Å². The number of carbonyl (C=O) groups is 2. The van der Waals surface area contributed by atoms with Crippen LogP contribution in [0, 0.1) is 28.6 Å². The Morgan fingerprint density at radius 2 is 2.06 bits per heavy atom. The number of carbonyl (C=O) groups excluding carboxylic acids is 1. The van der Waals surface area contributed by atoms with Crippen LogP contribution in [0.4, 0.5) is 0 Å². The average Bonchev–Trinajstić information content (AvgIpc) is 2.81. The lowest BCUT2D eigenvalue weighted by atomic mass is 10.1. The van der Waals surface area contributed by atoms with Crippen LogP contribution >= 0.6 is 0 Å². The molecule has 0 aromatic rings. The largest absolute Gasteiger partial charge is 0.481 e. The molecule has 1 aliphatic rings. The van der Waals surface area contributed by atoms with Gasteiger partial charge in [0.25, 0.3) is 0 Å². The Morgan fingerprint density at radius 3 is 2.41 bits per heavy atom. The average molecular weight is 238 g/mol. The molecule has 1 fully saturated rings. The third kappa shape index (κ3) is 2.57. The van der Waals surface area contributed by atoms with Crippen LogP contribution in [0.25, 0.3) is 0 Å². The van der Waals surface area contributed by atoms with Crippen molar-refractivity contribution >= 4 is 11.9 Å². The lowest BCUT2D eigenvalue weighted by Gasteiger charge is -2.13. The molecule has 1 aliphatic carbocycles. The summed E-state index contributed by atoms with van der Waals surface area (Å²) in [7, 11) is 0. The van der Waals surface area contributed by atoms with Crippen molar-refractivity contribution in [1.29, 1.82) is 5.26 Å². The van der Waals surface area contributed by atoms with Gasteiger partial charge in [-0.15, -0.1) is 0 Å². The van der Waals surface area contributed by atoms with Crippen molar-refractivity contribution in [3.63, 3.8) is 0 Å². The summed E-state index contributed by atoms with van der Waals surface area (Å²) in [5, 5.41) is 20.3. The summed E-state index contributed by atoms with van der Waals surface area (Å²) in [5.74, 6) is -2.26. The molecule has 0 aromatic carbocycles. The molecule has 1 saturated carbocycles. The molecule has 5 heteroatoms. The monoisotopic (exact) mass is 238 g/mol. The number of hydrogen-bond acceptors (Lipinski definition) is 3. The van der Waals surface area contributed by atoms with E-state index in [0.29, 0.717) is 6.42 Å². The zero-order chi connectivity index (χ0) is 13.2. The van der Waals surface area contributed by atoms with Gasteiger partial charge in [0.2, 0.25) is 5.91 Å². The molecule has 94 valence electrons. The van der Waals surface area contributed by atoms with Crippen molar-refractivity contribution in [2.45, 2.75) is 39.7 Å². The van der Waals surface area contributed by atoms with Crippen molar-refractivity contribution in [2.75, 3.05) is 0 Å². The minimum absolute atomic E-state index is 0.182. The number of amides is 1. The molecule has 0 spiro atoms. The molecule has 5 nitrogen and oxygen atoms in total. The second kappa shape index (κ2) is 4.74. The predicted octanol–water partition coefficient (Wildman–Crippen LogP) is 1.15. The minimum Gasteiger partial charge on any atom is -0.481 e. The molecular formula is C12H18N2O3. The molecule has 0 radical (unpaired) electrons. The van der Waals surface area contributed by atoms with Crippen molar-refractivity contribution < 1.29 is 14.7 Å². The first-order valence-corrected chi connectivity index (χ1v) is 5.76. The summed E-state index contributed by atoms with van der Waals surface area (Å²) in [5.41, 5.74) is -0.485. The summed E-state index contributed by atoms with van der Waals surface area (Å²) in [6.45, 7) is 5.44. The van der Waals surface area contributed by atoms with E-state index in [4.69, 9.17) is 10.4 Å². The van der Waals surface area contributed by atoms with Gasteiger partial charge in [-0.2, -0.15) is 5.26 Å². The third-order valence-corrected chi connectivity index (χ3v) is 3.55. The lowest BCUT2D eigenvalue weighted by molar-refractivity contribution is -0.140. The Kier molecular flexibility index (Phi) is 3.76. The van der Waals surface area contributed by atoms with E-state index in [1.807, 2.05) is 13.0 Å². The van der Waals surface area contributed by atoms with E-state index >= 15 is 0 Å². The SMILES string of the molecule is CCC(CC#N)NC(=O)[C@H]1[C@@H](C(=O)O)C1(C)C. The van der Waals surface area contributed by atoms with Crippen LogP contribution in [0.15, 0.2) is 0 Å². The fraction of sp³-hybridized carbons (Fsp3) is 0.750. The lowest BCUT2D eigenvalue weighted by Crippen LogP contribution is -2.36. The summed E-state index contributed by atoms with van der Waals surface area (Å²) >= 11 is 0. The second-order valence-corrected chi connectivity index (χ2v) is 5.09. The molecule has 0 heterocycles. The highest BCUT2D eigenvalue weighted by Crippen LogP contribution is 2.58. The molecule has 1 unspecified atom stereocenters. The Labute approximate surface area is 101 Å². The van der Waals surface area contributed by atoms with Crippen LogP contribution in [-0.2, 0) is 9.59 Å². The van der Waals surface area contributed by atoms with Crippen LogP contribution in [0.2, 0.25) is 0 Å². The number of nitriles is 1. The van der Waals surface area contributed by atoms with Gasteiger partial charge in [-0.05, 0) is 11.8 Å². The van der Waals surface area contributed by atoms with E-state index in [9.17, 15) is 9.59 Å². The van der Waals surface area contributed by atoms with Crippen molar-refractivity contribution in [2.24, 2.45) is 17.3 Å². The molecule has 0 saturated heterocycles. The number of carboxylic acids is 1. The second-order valence-electron chi connectivity index (χ2n) is 5.09. The fourth-order valence-corrected chi connectivity index (χ4v) is 2.29. The first-order valence-electron chi connectivity index (χ1n) is 5.76. The molecule has 2 N–H and O–H groups in total. The van der Waals surface area contributed by atoms with Gasteiger partial charge in [0.1, 0.15) is 0 Å². The van der Waals surface area contributed by atoms with Gasteiger partial charge in [-0.3, -0.25) is 9.59 Å². The molecule has 1 amide bonds. The zero-order valence-electron chi connectivity index (χ0n) is 10.4. The van der Waals surface area contributed by atoms with Crippen LogP contribution < -0.4 is 5.32 Å². The van der Waals surface area contributed by atoms with Crippen molar-refractivity contribution in [3.8, 4) is 6.07 Å². The van der Waals surface area contributed by atoms with E-state index in [0.717, 1.165) is 0 Å².